The summed E-state index contributed by atoms with van der Waals surface area (Å²) in [5.41, 5.74) is 2.22. The minimum atomic E-state index is 0.0342. The van der Waals surface area contributed by atoms with Crippen molar-refractivity contribution in [2.45, 2.75) is 25.7 Å². The lowest BCUT2D eigenvalue weighted by molar-refractivity contribution is 1.05. The Kier molecular flexibility index (Phi) is 1.34. The van der Waals surface area contributed by atoms with Crippen molar-refractivity contribution in [1.29, 1.82) is 0 Å². The molecule has 1 fully saturated rings. The molecule has 0 saturated heterocycles. The molecule has 0 aliphatic heterocycles. The van der Waals surface area contributed by atoms with Gasteiger partial charge < -0.3 is 4.98 Å². The molecular weight excluding hydrogens is 138 g/mol. The molecule has 1 aromatic rings. The van der Waals surface area contributed by atoms with Gasteiger partial charge in [-0.2, -0.15) is 0 Å². The summed E-state index contributed by atoms with van der Waals surface area (Å²) < 4.78 is 0. The molecule has 1 heterocycles. The number of aromatic nitrogens is 1. The van der Waals surface area contributed by atoms with Crippen LogP contribution in [-0.4, -0.2) is 4.98 Å². The van der Waals surface area contributed by atoms with Gasteiger partial charge in [-0.25, -0.2) is 0 Å². The molecule has 1 aromatic heterocycles. The molecule has 0 bridgehead atoms. The Hall–Kier alpha value is -1.05. The summed E-state index contributed by atoms with van der Waals surface area (Å²) >= 11 is 0. The first-order valence-corrected chi connectivity index (χ1v) is 3.96. The Morgan fingerprint density at radius 3 is 2.73 bits per heavy atom. The van der Waals surface area contributed by atoms with Crippen LogP contribution in [0.25, 0.3) is 0 Å². The van der Waals surface area contributed by atoms with E-state index in [1.165, 1.54) is 18.4 Å². The SMILES string of the molecule is Cc1cc(C2CC2)cc(=O)[nH]1. The Balaban J connectivity index is 2.47. The topological polar surface area (TPSA) is 32.9 Å². The minimum absolute atomic E-state index is 0.0342. The van der Waals surface area contributed by atoms with E-state index in [-0.39, 0.29) is 5.56 Å². The lowest BCUT2D eigenvalue weighted by Gasteiger charge is -1.97. The zero-order valence-corrected chi connectivity index (χ0v) is 6.55. The average Bonchev–Trinajstić information content (AvgIpc) is 2.64. The summed E-state index contributed by atoms with van der Waals surface area (Å²) in [5, 5.41) is 0. The van der Waals surface area contributed by atoms with E-state index in [2.05, 4.69) is 11.1 Å². The van der Waals surface area contributed by atoms with Crippen molar-refractivity contribution in [3.05, 3.63) is 33.7 Å². The maximum absolute atomic E-state index is 11.0. The van der Waals surface area contributed by atoms with Crippen LogP contribution in [0.1, 0.15) is 30.0 Å². The predicted molar refractivity (Wildman–Crippen MR) is 43.8 cm³/mol. The van der Waals surface area contributed by atoms with Crippen molar-refractivity contribution in [3.8, 4) is 0 Å². The largest absolute Gasteiger partial charge is 0.327 e. The van der Waals surface area contributed by atoms with Gasteiger partial charge in [-0.15, -0.1) is 0 Å². The van der Waals surface area contributed by atoms with Gasteiger partial charge in [0.05, 0.1) is 0 Å². The highest BCUT2D eigenvalue weighted by Gasteiger charge is 2.23. The van der Waals surface area contributed by atoms with Gasteiger partial charge in [-0.05, 0) is 37.3 Å². The zero-order chi connectivity index (χ0) is 7.84. The number of hydrogen-bond donors (Lipinski definition) is 1. The Morgan fingerprint density at radius 2 is 2.18 bits per heavy atom. The summed E-state index contributed by atoms with van der Waals surface area (Å²) in [4.78, 5) is 13.7. The number of aromatic amines is 1. The summed E-state index contributed by atoms with van der Waals surface area (Å²) in [5.74, 6) is 0.677. The van der Waals surface area contributed by atoms with E-state index < -0.39 is 0 Å². The summed E-state index contributed by atoms with van der Waals surface area (Å²) in [6.45, 7) is 1.92. The first kappa shape index (κ1) is 6.65. The molecule has 2 nitrogen and oxygen atoms in total. The van der Waals surface area contributed by atoms with Crippen LogP contribution in [0.4, 0.5) is 0 Å². The number of aryl methyl sites for hydroxylation is 1. The van der Waals surface area contributed by atoms with Gasteiger partial charge in [-0.3, -0.25) is 4.79 Å². The molecule has 1 saturated carbocycles. The zero-order valence-electron chi connectivity index (χ0n) is 6.55. The van der Waals surface area contributed by atoms with Crippen LogP contribution in [-0.2, 0) is 0 Å². The van der Waals surface area contributed by atoms with Gasteiger partial charge in [0.25, 0.3) is 0 Å². The number of pyridine rings is 1. The second-order valence-corrected chi connectivity index (χ2v) is 3.24. The van der Waals surface area contributed by atoms with E-state index in [9.17, 15) is 4.79 Å². The van der Waals surface area contributed by atoms with E-state index in [4.69, 9.17) is 0 Å². The predicted octanol–water partition coefficient (Wildman–Crippen LogP) is 1.56. The highest BCUT2D eigenvalue weighted by atomic mass is 16.1. The minimum Gasteiger partial charge on any atom is -0.327 e. The van der Waals surface area contributed by atoms with Gasteiger partial charge in [0.1, 0.15) is 0 Å². The number of nitrogens with one attached hydrogen (secondary N) is 1. The third kappa shape index (κ3) is 1.34. The summed E-state index contributed by atoms with van der Waals surface area (Å²) in [6.07, 6.45) is 2.51. The van der Waals surface area contributed by atoms with Crippen molar-refractivity contribution in [2.75, 3.05) is 0 Å². The third-order valence-electron chi connectivity index (χ3n) is 2.05. The van der Waals surface area contributed by atoms with Crippen LogP contribution in [0.2, 0.25) is 0 Å². The molecule has 0 atom stereocenters. The van der Waals surface area contributed by atoms with Gasteiger partial charge in [0.2, 0.25) is 5.56 Å². The van der Waals surface area contributed by atoms with Crippen LogP contribution in [0.15, 0.2) is 16.9 Å². The molecule has 1 aliphatic rings. The lowest BCUT2D eigenvalue weighted by atomic mass is 10.1. The fourth-order valence-electron chi connectivity index (χ4n) is 1.36. The van der Waals surface area contributed by atoms with E-state index >= 15 is 0 Å². The van der Waals surface area contributed by atoms with Crippen LogP contribution in [0.5, 0.6) is 0 Å². The molecule has 0 aromatic carbocycles. The molecule has 2 rings (SSSR count). The Morgan fingerprint density at radius 1 is 1.45 bits per heavy atom. The van der Waals surface area contributed by atoms with Gasteiger partial charge in [0.15, 0.2) is 0 Å². The van der Waals surface area contributed by atoms with E-state index in [0.717, 1.165) is 5.69 Å². The van der Waals surface area contributed by atoms with Crippen LogP contribution < -0.4 is 5.56 Å². The smallest absolute Gasteiger partial charge is 0.248 e. The maximum Gasteiger partial charge on any atom is 0.248 e. The van der Waals surface area contributed by atoms with Crippen molar-refractivity contribution >= 4 is 0 Å². The van der Waals surface area contributed by atoms with Gasteiger partial charge in [0, 0.05) is 11.8 Å². The first-order valence-electron chi connectivity index (χ1n) is 3.96. The second-order valence-electron chi connectivity index (χ2n) is 3.24. The van der Waals surface area contributed by atoms with E-state index in [1.807, 2.05) is 6.92 Å². The normalized spacial score (nSPS) is 16.8. The fraction of sp³-hybridized carbons (Fsp3) is 0.444. The fourth-order valence-corrected chi connectivity index (χ4v) is 1.36. The first-order chi connectivity index (χ1) is 5.25. The van der Waals surface area contributed by atoms with E-state index in [1.54, 1.807) is 6.07 Å². The molecule has 58 valence electrons. The van der Waals surface area contributed by atoms with Crippen molar-refractivity contribution < 1.29 is 0 Å². The number of rotatable bonds is 1. The molecular formula is C9H11NO. The third-order valence-corrected chi connectivity index (χ3v) is 2.05. The monoisotopic (exact) mass is 149 g/mol. The molecule has 11 heavy (non-hydrogen) atoms. The molecule has 1 N–H and O–H groups in total. The highest BCUT2D eigenvalue weighted by molar-refractivity contribution is 5.23. The van der Waals surface area contributed by atoms with Crippen molar-refractivity contribution in [3.63, 3.8) is 0 Å². The summed E-state index contributed by atoms with van der Waals surface area (Å²) in [7, 11) is 0. The van der Waals surface area contributed by atoms with Crippen molar-refractivity contribution in [2.24, 2.45) is 0 Å². The van der Waals surface area contributed by atoms with Crippen molar-refractivity contribution in [1.82, 2.24) is 4.98 Å². The molecule has 0 radical (unpaired) electrons. The molecule has 0 amide bonds. The highest BCUT2D eigenvalue weighted by Crippen LogP contribution is 2.39. The lowest BCUT2D eigenvalue weighted by Crippen LogP contribution is -2.06. The average molecular weight is 149 g/mol. The van der Waals surface area contributed by atoms with Gasteiger partial charge in [-0.1, -0.05) is 0 Å². The molecule has 1 aliphatic carbocycles. The number of H-pyrrole nitrogens is 1. The Bertz CT molecular complexity index is 323. The van der Waals surface area contributed by atoms with Crippen LogP contribution in [0, 0.1) is 6.92 Å². The quantitative estimate of drug-likeness (QED) is 0.645. The number of hydrogen-bond acceptors (Lipinski definition) is 1. The Labute approximate surface area is 65.3 Å². The molecule has 2 heteroatoms. The second kappa shape index (κ2) is 2.22. The van der Waals surface area contributed by atoms with Gasteiger partial charge >= 0.3 is 0 Å². The standard InChI is InChI=1S/C9H11NO/c1-6-4-8(7-2-3-7)5-9(11)10-6/h4-5,7H,2-3H2,1H3,(H,10,11). The summed E-state index contributed by atoms with van der Waals surface area (Å²) in [6, 6.07) is 3.78. The van der Waals surface area contributed by atoms with Crippen LogP contribution in [0.3, 0.4) is 0 Å². The maximum atomic E-state index is 11.0. The molecule has 0 spiro atoms. The van der Waals surface area contributed by atoms with E-state index in [0.29, 0.717) is 5.92 Å². The molecule has 0 unspecified atom stereocenters. The van der Waals surface area contributed by atoms with Crippen LogP contribution >= 0.6 is 0 Å².